The molecular formula is C13H21N3O2S. The number of nitrogens with two attached hydrogens (primary N) is 1. The van der Waals surface area contributed by atoms with E-state index in [4.69, 9.17) is 5.73 Å². The van der Waals surface area contributed by atoms with E-state index in [0.717, 1.165) is 31.6 Å². The summed E-state index contributed by atoms with van der Waals surface area (Å²) in [5.74, 6) is 0.0659. The minimum Gasteiger partial charge on any atom is -0.397 e. The van der Waals surface area contributed by atoms with Crippen molar-refractivity contribution in [3.63, 3.8) is 0 Å². The van der Waals surface area contributed by atoms with Crippen LogP contribution in [0.3, 0.4) is 0 Å². The van der Waals surface area contributed by atoms with Gasteiger partial charge < -0.3 is 10.6 Å². The predicted molar refractivity (Wildman–Crippen MR) is 80.0 cm³/mol. The molecule has 3 N–H and O–H groups in total. The van der Waals surface area contributed by atoms with Gasteiger partial charge in [0.05, 0.1) is 22.8 Å². The first-order valence-corrected chi connectivity index (χ1v) is 8.32. The van der Waals surface area contributed by atoms with E-state index < -0.39 is 10.0 Å². The summed E-state index contributed by atoms with van der Waals surface area (Å²) in [6, 6.07) is 5.29. The molecule has 0 aliphatic carbocycles. The second-order valence-corrected chi connectivity index (χ2v) is 6.84. The van der Waals surface area contributed by atoms with E-state index in [1.54, 1.807) is 19.1 Å². The zero-order chi connectivity index (χ0) is 13.9. The molecule has 0 spiro atoms. The van der Waals surface area contributed by atoms with Gasteiger partial charge in [0.25, 0.3) is 0 Å². The van der Waals surface area contributed by atoms with Crippen molar-refractivity contribution in [2.75, 3.05) is 34.2 Å². The number of nitrogens with zero attached hydrogens (tertiary/aromatic N) is 1. The molecule has 1 aliphatic heterocycles. The number of hydrogen-bond acceptors (Lipinski definition) is 4. The lowest BCUT2D eigenvalue weighted by Crippen LogP contribution is -2.30. The van der Waals surface area contributed by atoms with E-state index in [2.05, 4.69) is 9.62 Å². The fourth-order valence-corrected chi connectivity index (χ4v) is 2.90. The van der Waals surface area contributed by atoms with Gasteiger partial charge in [-0.2, -0.15) is 0 Å². The van der Waals surface area contributed by atoms with E-state index >= 15 is 0 Å². The van der Waals surface area contributed by atoms with Gasteiger partial charge in [-0.3, -0.25) is 4.72 Å². The summed E-state index contributed by atoms with van der Waals surface area (Å²) in [7, 11) is -3.24. The van der Waals surface area contributed by atoms with E-state index in [1.807, 2.05) is 6.07 Å². The van der Waals surface area contributed by atoms with Crippen LogP contribution in [0.2, 0.25) is 0 Å². The van der Waals surface area contributed by atoms with Crippen LogP contribution < -0.4 is 15.4 Å². The molecule has 1 aliphatic rings. The van der Waals surface area contributed by atoms with Crippen LogP contribution in [0.4, 0.5) is 17.1 Å². The molecule has 2 rings (SSSR count). The van der Waals surface area contributed by atoms with Crippen molar-refractivity contribution in [2.24, 2.45) is 0 Å². The minimum absolute atomic E-state index is 0.0659. The molecule has 0 bridgehead atoms. The van der Waals surface area contributed by atoms with Crippen LogP contribution in [0.25, 0.3) is 0 Å². The number of nitrogen functional groups attached to an aromatic ring is 1. The highest BCUT2D eigenvalue weighted by Crippen LogP contribution is 2.29. The Hall–Kier alpha value is -1.43. The molecule has 106 valence electrons. The van der Waals surface area contributed by atoms with Crippen LogP contribution in [0, 0.1) is 0 Å². The van der Waals surface area contributed by atoms with Crippen LogP contribution in [-0.4, -0.2) is 27.3 Å². The highest BCUT2D eigenvalue weighted by molar-refractivity contribution is 7.92. The Labute approximate surface area is 114 Å². The Morgan fingerprint density at radius 2 is 1.95 bits per heavy atom. The topological polar surface area (TPSA) is 75.4 Å². The van der Waals surface area contributed by atoms with Crippen LogP contribution in [0.15, 0.2) is 18.2 Å². The van der Waals surface area contributed by atoms with E-state index in [9.17, 15) is 8.42 Å². The molecule has 1 heterocycles. The van der Waals surface area contributed by atoms with Crippen molar-refractivity contribution < 1.29 is 8.42 Å². The Balaban J connectivity index is 2.24. The molecule has 6 heteroatoms. The fourth-order valence-electron chi connectivity index (χ4n) is 2.27. The number of rotatable bonds is 4. The van der Waals surface area contributed by atoms with Gasteiger partial charge in [0.2, 0.25) is 10.0 Å². The van der Waals surface area contributed by atoms with Gasteiger partial charge in [-0.05, 0) is 44.4 Å². The molecule has 5 nitrogen and oxygen atoms in total. The van der Waals surface area contributed by atoms with Gasteiger partial charge >= 0.3 is 0 Å². The van der Waals surface area contributed by atoms with Crippen molar-refractivity contribution in [1.29, 1.82) is 0 Å². The number of anilines is 3. The highest BCUT2D eigenvalue weighted by Gasteiger charge is 2.15. The lowest BCUT2D eigenvalue weighted by Gasteiger charge is -2.30. The molecule has 0 saturated carbocycles. The van der Waals surface area contributed by atoms with Crippen LogP contribution >= 0.6 is 0 Å². The molecule has 0 aromatic heterocycles. The largest absolute Gasteiger partial charge is 0.397 e. The Kier molecular flexibility index (Phi) is 4.19. The number of sulfonamides is 1. The summed E-state index contributed by atoms with van der Waals surface area (Å²) >= 11 is 0. The van der Waals surface area contributed by atoms with Gasteiger partial charge in [0, 0.05) is 13.1 Å². The maximum Gasteiger partial charge on any atom is 0.232 e. The average molecular weight is 283 g/mol. The van der Waals surface area contributed by atoms with Gasteiger partial charge in [-0.1, -0.05) is 0 Å². The molecule has 0 atom stereocenters. The number of hydrogen-bond donors (Lipinski definition) is 2. The summed E-state index contributed by atoms with van der Waals surface area (Å²) in [5, 5.41) is 0. The average Bonchev–Trinajstić information content (AvgIpc) is 2.42. The molecule has 1 fully saturated rings. The van der Waals surface area contributed by atoms with Crippen molar-refractivity contribution in [3.8, 4) is 0 Å². The van der Waals surface area contributed by atoms with Crippen LogP contribution in [-0.2, 0) is 10.0 Å². The van der Waals surface area contributed by atoms with Gasteiger partial charge in [0.15, 0.2) is 0 Å². The third kappa shape index (κ3) is 3.53. The molecule has 0 unspecified atom stereocenters. The Morgan fingerprint density at radius 1 is 1.26 bits per heavy atom. The number of nitrogens with one attached hydrogen (secondary N) is 1. The number of piperidine rings is 1. The second-order valence-electron chi connectivity index (χ2n) is 4.83. The van der Waals surface area contributed by atoms with Gasteiger partial charge in [0.1, 0.15) is 0 Å². The lowest BCUT2D eigenvalue weighted by atomic mass is 10.1. The lowest BCUT2D eigenvalue weighted by molar-refractivity contribution is 0.578. The van der Waals surface area contributed by atoms with Crippen LogP contribution in [0.1, 0.15) is 26.2 Å². The van der Waals surface area contributed by atoms with Gasteiger partial charge in [-0.15, -0.1) is 0 Å². The van der Waals surface area contributed by atoms with Crippen molar-refractivity contribution >= 4 is 27.1 Å². The van der Waals surface area contributed by atoms with Crippen molar-refractivity contribution in [2.45, 2.75) is 26.2 Å². The second kappa shape index (κ2) is 5.69. The SMILES string of the molecule is CCS(=O)(=O)Nc1ccc(N)c(N2CCCCC2)c1. The fraction of sp³-hybridized carbons (Fsp3) is 0.538. The first-order valence-electron chi connectivity index (χ1n) is 6.67. The van der Waals surface area contributed by atoms with E-state index in [1.165, 1.54) is 6.42 Å². The first-order chi connectivity index (χ1) is 9.02. The molecule has 1 saturated heterocycles. The molecular weight excluding hydrogens is 262 g/mol. The molecule has 1 aromatic rings. The quantitative estimate of drug-likeness (QED) is 0.829. The smallest absolute Gasteiger partial charge is 0.232 e. The summed E-state index contributed by atoms with van der Waals surface area (Å²) < 4.78 is 25.7. The summed E-state index contributed by atoms with van der Waals surface area (Å²) in [4.78, 5) is 2.22. The summed E-state index contributed by atoms with van der Waals surface area (Å²) in [5.41, 5.74) is 8.20. The normalized spacial score (nSPS) is 16.4. The summed E-state index contributed by atoms with van der Waals surface area (Å²) in [6.45, 7) is 3.58. The monoisotopic (exact) mass is 283 g/mol. The number of benzene rings is 1. The van der Waals surface area contributed by atoms with Gasteiger partial charge in [-0.25, -0.2) is 8.42 Å². The molecule has 1 aromatic carbocycles. The highest BCUT2D eigenvalue weighted by atomic mass is 32.2. The van der Waals surface area contributed by atoms with Crippen molar-refractivity contribution in [1.82, 2.24) is 0 Å². The van der Waals surface area contributed by atoms with E-state index in [0.29, 0.717) is 11.4 Å². The maximum absolute atomic E-state index is 11.6. The zero-order valence-electron chi connectivity index (χ0n) is 11.2. The third-order valence-corrected chi connectivity index (χ3v) is 4.69. The first kappa shape index (κ1) is 14.0. The van der Waals surface area contributed by atoms with Crippen molar-refractivity contribution in [3.05, 3.63) is 18.2 Å². The third-order valence-electron chi connectivity index (χ3n) is 3.38. The van der Waals surface area contributed by atoms with Crippen LogP contribution in [0.5, 0.6) is 0 Å². The molecule has 0 amide bonds. The van der Waals surface area contributed by atoms with E-state index in [-0.39, 0.29) is 5.75 Å². The summed E-state index contributed by atoms with van der Waals surface area (Å²) in [6.07, 6.45) is 3.56. The standard InChI is InChI=1S/C13H21N3O2S/c1-2-19(17,18)15-11-6-7-12(14)13(10-11)16-8-4-3-5-9-16/h6-7,10,15H,2-5,8-9,14H2,1H3. The maximum atomic E-state index is 11.6. The minimum atomic E-state index is -3.24. The molecule has 19 heavy (non-hydrogen) atoms. The molecule has 0 radical (unpaired) electrons. The zero-order valence-corrected chi connectivity index (χ0v) is 12.0. The predicted octanol–water partition coefficient (Wildman–Crippen LogP) is 2.02. The Morgan fingerprint density at radius 3 is 2.58 bits per heavy atom. The Bertz CT molecular complexity index is 537.